The fraction of sp³-hybridized carbons (Fsp3) is 0.750. The second-order valence-corrected chi connectivity index (χ2v) is 2.80. The van der Waals surface area contributed by atoms with E-state index in [1.165, 1.54) is 7.11 Å². The lowest BCUT2D eigenvalue weighted by molar-refractivity contribution is -0.122. The first-order valence-electron chi connectivity index (χ1n) is 4.26. The fourth-order valence-electron chi connectivity index (χ4n) is 0.576. The summed E-state index contributed by atoms with van der Waals surface area (Å²) in [6.07, 6.45) is -0.575. The Kier molecular flexibility index (Phi) is 6.47. The van der Waals surface area contributed by atoms with Gasteiger partial charge in [-0.25, -0.2) is 4.79 Å². The van der Waals surface area contributed by atoms with E-state index in [0.29, 0.717) is 0 Å². The van der Waals surface area contributed by atoms with Crippen LogP contribution >= 0.6 is 0 Å². The van der Waals surface area contributed by atoms with Gasteiger partial charge in [-0.15, -0.1) is 0 Å². The van der Waals surface area contributed by atoms with Crippen molar-refractivity contribution in [2.24, 2.45) is 0 Å². The Morgan fingerprint density at radius 3 is 2.43 bits per heavy atom. The van der Waals surface area contributed by atoms with Crippen LogP contribution in [-0.4, -0.2) is 38.5 Å². The highest BCUT2D eigenvalue weighted by molar-refractivity contribution is 5.81. The summed E-state index contributed by atoms with van der Waals surface area (Å²) in [7, 11) is 1.23. The zero-order valence-electron chi connectivity index (χ0n) is 8.62. The van der Waals surface area contributed by atoms with Gasteiger partial charge in [0.2, 0.25) is 5.91 Å². The average molecular weight is 204 g/mol. The SMILES string of the molecule is COC(=O)NCC(=O)NCOC(C)C. The van der Waals surface area contributed by atoms with Crippen LogP contribution in [0.2, 0.25) is 0 Å². The lowest BCUT2D eigenvalue weighted by Crippen LogP contribution is -2.38. The normalized spacial score (nSPS) is 9.71. The average Bonchev–Trinajstić information content (AvgIpc) is 2.13. The number of hydrogen-bond acceptors (Lipinski definition) is 4. The van der Waals surface area contributed by atoms with Crippen molar-refractivity contribution in [3.05, 3.63) is 0 Å². The Balaban J connectivity index is 3.42. The van der Waals surface area contributed by atoms with Crippen LogP contribution in [0.15, 0.2) is 0 Å². The molecular formula is C8H16N2O4. The Hall–Kier alpha value is -1.30. The van der Waals surface area contributed by atoms with Crippen LogP contribution in [0, 0.1) is 0 Å². The van der Waals surface area contributed by atoms with Gasteiger partial charge in [0, 0.05) is 0 Å². The van der Waals surface area contributed by atoms with E-state index >= 15 is 0 Å². The van der Waals surface area contributed by atoms with Gasteiger partial charge in [-0.2, -0.15) is 0 Å². The lowest BCUT2D eigenvalue weighted by Gasteiger charge is -2.09. The number of hydrogen-bond donors (Lipinski definition) is 2. The van der Waals surface area contributed by atoms with E-state index in [0.717, 1.165) is 0 Å². The molecule has 0 atom stereocenters. The van der Waals surface area contributed by atoms with Crippen molar-refractivity contribution < 1.29 is 19.1 Å². The van der Waals surface area contributed by atoms with Crippen molar-refractivity contribution >= 4 is 12.0 Å². The molecule has 0 aromatic carbocycles. The van der Waals surface area contributed by atoms with Gasteiger partial charge in [-0.1, -0.05) is 0 Å². The van der Waals surface area contributed by atoms with Crippen molar-refractivity contribution in [1.82, 2.24) is 10.6 Å². The summed E-state index contributed by atoms with van der Waals surface area (Å²) in [5.41, 5.74) is 0. The first kappa shape index (κ1) is 12.7. The predicted molar refractivity (Wildman–Crippen MR) is 49.6 cm³/mol. The number of methoxy groups -OCH3 is 1. The van der Waals surface area contributed by atoms with Gasteiger partial charge in [0.25, 0.3) is 0 Å². The summed E-state index contributed by atoms with van der Waals surface area (Å²) in [4.78, 5) is 21.5. The topological polar surface area (TPSA) is 76.7 Å². The maximum absolute atomic E-state index is 11.0. The molecule has 6 heteroatoms. The van der Waals surface area contributed by atoms with E-state index in [2.05, 4.69) is 15.4 Å². The molecule has 0 aromatic rings. The summed E-state index contributed by atoms with van der Waals surface area (Å²) in [6, 6.07) is 0. The third kappa shape index (κ3) is 7.35. The van der Waals surface area contributed by atoms with Crippen LogP contribution < -0.4 is 10.6 Å². The molecule has 0 bridgehead atoms. The van der Waals surface area contributed by atoms with Gasteiger partial charge < -0.3 is 20.1 Å². The number of nitrogens with one attached hydrogen (secondary N) is 2. The van der Waals surface area contributed by atoms with Crippen LogP contribution in [0.3, 0.4) is 0 Å². The van der Waals surface area contributed by atoms with Crippen LogP contribution in [0.4, 0.5) is 4.79 Å². The molecule has 0 heterocycles. The molecule has 0 rings (SSSR count). The van der Waals surface area contributed by atoms with Crippen molar-refractivity contribution in [3.8, 4) is 0 Å². The van der Waals surface area contributed by atoms with E-state index < -0.39 is 6.09 Å². The van der Waals surface area contributed by atoms with Crippen molar-refractivity contribution in [2.75, 3.05) is 20.4 Å². The van der Waals surface area contributed by atoms with Crippen molar-refractivity contribution in [2.45, 2.75) is 20.0 Å². The maximum Gasteiger partial charge on any atom is 0.407 e. The molecule has 2 amide bonds. The standard InChI is InChI=1S/C8H16N2O4/c1-6(2)14-5-10-7(11)4-9-8(12)13-3/h6H,4-5H2,1-3H3,(H,9,12)(H,10,11). The minimum Gasteiger partial charge on any atom is -0.453 e. The zero-order chi connectivity index (χ0) is 11.0. The molecule has 0 spiro atoms. The number of rotatable bonds is 5. The van der Waals surface area contributed by atoms with E-state index in [9.17, 15) is 9.59 Å². The molecule has 2 N–H and O–H groups in total. The van der Waals surface area contributed by atoms with E-state index in [-0.39, 0.29) is 25.3 Å². The summed E-state index contributed by atoms with van der Waals surface area (Å²) in [5.74, 6) is -0.323. The van der Waals surface area contributed by atoms with Gasteiger partial charge in [0.05, 0.1) is 13.2 Å². The highest BCUT2D eigenvalue weighted by Crippen LogP contribution is 1.83. The van der Waals surface area contributed by atoms with Crippen molar-refractivity contribution in [1.29, 1.82) is 0 Å². The number of carbonyl (C=O) groups excluding carboxylic acids is 2. The third-order valence-electron chi connectivity index (χ3n) is 1.26. The highest BCUT2D eigenvalue weighted by Gasteiger charge is 2.03. The largest absolute Gasteiger partial charge is 0.453 e. The Morgan fingerprint density at radius 2 is 1.93 bits per heavy atom. The highest BCUT2D eigenvalue weighted by atomic mass is 16.5. The van der Waals surface area contributed by atoms with Crippen molar-refractivity contribution in [3.63, 3.8) is 0 Å². The molecule has 0 unspecified atom stereocenters. The Bertz CT molecular complexity index is 194. The number of carbonyl (C=O) groups is 2. The zero-order valence-corrected chi connectivity index (χ0v) is 8.62. The molecule has 82 valence electrons. The van der Waals surface area contributed by atoms with Crippen LogP contribution in [0.1, 0.15) is 13.8 Å². The summed E-state index contributed by atoms with van der Waals surface area (Å²) in [5, 5.41) is 4.70. The molecule has 0 fully saturated rings. The van der Waals surface area contributed by atoms with Gasteiger partial charge in [-0.05, 0) is 13.8 Å². The van der Waals surface area contributed by atoms with Crippen LogP contribution in [-0.2, 0) is 14.3 Å². The van der Waals surface area contributed by atoms with Gasteiger partial charge in [-0.3, -0.25) is 4.79 Å². The Labute approximate surface area is 82.9 Å². The molecule has 0 radical (unpaired) electrons. The molecule has 6 nitrogen and oxygen atoms in total. The first-order valence-corrected chi connectivity index (χ1v) is 4.26. The lowest BCUT2D eigenvalue weighted by atomic mass is 10.5. The van der Waals surface area contributed by atoms with Gasteiger partial charge >= 0.3 is 6.09 Å². The van der Waals surface area contributed by atoms with Crippen LogP contribution in [0.5, 0.6) is 0 Å². The quantitative estimate of drug-likeness (QED) is 0.610. The molecule has 0 saturated heterocycles. The van der Waals surface area contributed by atoms with Crippen LogP contribution in [0.25, 0.3) is 0 Å². The molecule has 0 aliphatic heterocycles. The summed E-state index contributed by atoms with van der Waals surface area (Å²) in [6.45, 7) is 3.74. The predicted octanol–water partition coefficient (Wildman–Crippen LogP) is -0.159. The molecule has 14 heavy (non-hydrogen) atoms. The van der Waals surface area contributed by atoms with E-state index in [1.54, 1.807) is 0 Å². The number of amides is 2. The summed E-state index contributed by atoms with van der Waals surface area (Å²) < 4.78 is 9.35. The smallest absolute Gasteiger partial charge is 0.407 e. The van der Waals surface area contributed by atoms with Gasteiger partial charge in [0.15, 0.2) is 0 Å². The molecule has 0 aliphatic rings. The van der Waals surface area contributed by atoms with E-state index in [1.807, 2.05) is 13.8 Å². The van der Waals surface area contributed by atoms with E-state index in [4.69, 9.17) is 4.74 Å². The molecule has 0 saturated carbocycles. The third-order valence-corrected chi connectivity index (χ3v) is 1.26. The minimum atomic E-state index is -0.634. The number of ether oxygens (including phenoxy) is 2. The first-order chi connectivity index (χ1) is 6.56. The monoisotopic (exact) mass is 204 g/mol. The maximum atomic E-state index is 11.0. The molecular weight excluding hydrogens is 188 g/mol. The minimum absolute atomic E-state index is 0.0591. The van der Waals surface area contributed by atoms with Gasteiger partial charge in [0.1, 0.15) is 13.3 Å². The summed E-state index contributed by atoms with van der Waals surface area (Å²) >= 11 is 0. The second kappa shape index (κ2) is 7.14. The fourth-order valence-corrected chi connectivity index (χ4v) is 0.576. The second-order valence-electron chi connectivity index (χ2n) is 2.80. The number of alkyl carbamates (subject to hydrolysis) is 1. The Morgan fingerprint density at radius 1 is 1.29 bits per heavy atom. The molecule has 0 aromatic heterocycles. The molecule has 0 aliphatic carbocycles.